The van der Waals surface area contributed by atoms with E-state index < -0.39 is 5.97 Å². The van der Waals surface area contributed by atoms with Crippen molar-refractivity contribution in [3.8, 4) is 5.75 Å². The Morgan fingerprint density at radius 3 is 2.52 bits per heavy atom. The largest absolute Gasteiger partial charge is 0.427 e. The Labute approximate surface area is 144 Å². The molecule has 1 aromatic heterocycles. The van der Waals surface area contributed by atoms with Crippen LogP contribution in [0.5, 0.6) is 5.75 Å². The first-order valence-corrected chi connectivity index (χ1v) is 7.67. The van der Waals surface area contributed by atoms with Gasteiger partial charge in [-0.2, -0.15) is 0 Å². The second-order valence-corrected chi connectivity index (χ2v) is 5.08. The fourth-order valence-electron chi connectivity index (χ4n) is 1.97. The number of carbonyl (C=O) groups is 3. The molecule has 0 saturated carbocycles. The molecule has 1 aromatic carbocycles. The van der Waals surface area contributed by atoms with E-state index in [0.717, 1.165) is 0 Å². The maximum absolute atomic E-state index is 12.0. The highest BCUT2D eigenvalue weighted by atomic mass is 16.5. The summed E-state index contributed by atoms with van der Waals surface area (Å²) in [7, 11) is 0. The van der Waals surface area contributed by atoms with Gasteiger partial charge >= 0.3 is 5.97 Å². The first-order valence-electron chi connectivity index (χ1n) is 7.67. The minimum absolute atomic E-state index is 0.244. The van der Waals surface area contributed by atoms with Crippen LogP contribution in [0.15, 0.2) is 42.9 Å². The number of benzene rings is 1. The lowest BCUT2D eigenvalue weighted by Crippen LogP contribution is -2.30. The van der Waals surface area contributed by atoms with Gasteiger partial charge in [-0.05, 0) is 24.6 Å². The van der Waals surface area contributed by atoms with Crippen molar-refractivity contribution in [3.05, 3.63) is 54.1 Å². The number of esters is 1. The van der Waals surface area contributed by atoms with Crippen LogP contribution in [-0.2, 0) is 4.79 Å². The molecular weight excluding hydrogens is 324 g/mol. The van der Waals surface area contributed by atoms with Crippen LogP contribution >= 0.6 is 0 Å². The van der Waals surface area contributed by atoms with Crippen LogP contribution in [0, 0.1) is 0 Å². The van der Waals surface area contributed by atoms with Crippen molar-refractivity contribution in [2.45, 2.75) is 13.3 Å². The Hall–Kier alpha value is -3.29. The Kier molecular flexibility index (Phi) is 6.58. The smallest absolute Gasteiger partial charge is 0.308 e. The van der Waals surface area contributed by atoms with Gasteiger partial charge in [-0.15, -0.1) is 0 Å². The normalized spacial score (nSPS) is 9.96. The summed E-state index contributed by atoms with van der Waals surface area (Å²) >= 11 is 0. The van der Waals surface area contributed by atoms with E-state index in [2.05, 4.69) is 20.6 Å². The predicted octanol–water partition coefficient (Wildman–Crippen LogP) is 0.952. The predicted molar refractivity (Wildman–Crippen MR) is 89.1 cm³/mol. The van der Waals surface area contributed by atoms with Crippen molar-refractivity contribution in [1.29, 1.82) is 0 Å². The van der Waals surface area contributed by atoms with Gasteiger partial charge in [0, 0.05) is 38.0 Å². The van der Waals surface area contributed by atoms with Gasteiger partial charge in [0.2, 0.25) is 0 Å². The highest BCUT2D eigenvalue weighted by Crippen LogP contribution is 2.13. The van der Waals surface area contributed by atoms with Gasteiger partial charge in [0.15, 0.2) is 0 Å². The number of hydrogen-bond acceptors (Lipinski definition) is 6. The molecule has 0 aliphatic heterocycles. The van der Waals surface area contributed by atoms with Crippen molar-refractivity contribution in [3.63, 3.8) is 0 Å². The van der Waals surface area contributed by atoms with Crippen LogP contribution < -0.4 is 15.4 Å². The van der Waals surface area contributed by atoms with E-state index in [9.17, 15) is 14.4 Å². The topological polar surface area (TPSA) is 110 Å². The van der Waals surface area contributed by atoms with E-state index in [4.69, 9.17) is 4.74 Å². The second-order valence-electron chi connectivity index (χ2n) is 5.08. The number of nitrogens with zero attached hydrogens (tertiary/aromatic N) is 2. The van der Waals surface area contributed by atoms with Gasteiger partial charge in [0.05, 0.1) is 6.20 Å². The molecule has 130 valence electrons. The molecular formula is C17H18N4O4. The number of aromatic nitrogens is 2. The third-order valence-electron chi connectivity index (χ3n) is 3.08. The molecule has 0 bridgehead atoms. The summed E-state index contributed by atoms with van der Waals surface area (Å²) in [6, 6.07) is 6.35. The highest BCUT2D eigenvalue weighted by molar-refractivity contribution is 5.94. The molecule has 0 radical (unpaired) electrons. The summed E-state index contributed by atoms with van der Waals surface area (Å²) in [5, 5.41) is 5.43. The molecule has 2 amide bonds. The average molecular weight is 342 g/mol. The Bertz CT molecular complexity index is 749. The average Bonchev–Trinajstić information content (AvgIpc) is 2.61. The van der Waals surface area contributed by atoms with E-state index in [-0.39, 0.29) is 17.5 Å². The molecule has 1 heterocycles. The van der Waals surface area contributed by atoms with Gasteiger partial charge in [-0.25, -0.2) is 4.98 Å². The van der Waals surface area contributed by atoms with Gasteiger partial charge in [0.1, 0.15) is 11.4 Å². The molecule has 0 fully saturated rings. The minimum Gasteiger partial charge on any atom is -0.427 e. The molecule has 2 rings (SSSR count). The van der Waals surface area contributed by atoms with E-state index in [1.54, 1.807) is 18.2 Å². The van der Waals surface area contributed by atoms with Crippen molar-refractivity contribution >= 4 is 17.8 Å². The summed E-state index contributed by atoms with van der Waals surface area (Å²) in [4.78, 5) is 42.4. The van der Waals surface area contributed by atoms with Crippen LogP contribution in [0.1, 0.15) is 34.2 Å². The fourth-order valence-corrected chi connectivity index (χ4v) is 1.97. The standard InChI is InChI=1S/C17H18N4O4/c1-12(22)25-14-5-2-4-13(10-14)16(23)20-6-3-7-21-17(24)15-11-18-8-9-19-15/h2,4-5,8-11H,3,6-7H2,1H3,(H,20,23)(H,21,24). The summed E-state index contributed by atoms with van der Waals surface area (Å²) in [6.45, 7) is 2.07. The fraction of sp³-hybridized carbons (Fsp3) is 0.235. The summed E-state index contributed by atoms with van der Waals surface area (Å²) in [5.74, 6) is -0.726. The van der Waals surface area contributed by atoms with Crippen LogP contribution in [-0.4, -0.2) is 40.8 Å². The van der Waals surface area contributed by atoms with Crippen molar-refractivity contribution in [1.82, 2.24) is 20.6 Å². The SMILES string of the molecule is CC(=O)Oc1cccc(C(=O)NCCCNC(=O)c2cnccn2)c1. The number of carbonyl (C=O) groups excluding carboxylic acids is 3. The number of ether oxygens (including phenoxy) is 1. The summed E-state index contributed by atoms with van der Waals surface area (Å²) in [6.07, 6.45) is 4.87. The third kappa shape index (κ3) is 6.02. The second kappa shape index (κ2) is 9.11. The minimum atomic E-state index is -0.448. The first kappa shape index (κ1) is 18.1. The molecule has 8 nitrogen and oxygen atoms in total. The van der Waals surface area contributed by atoms with Crippen molar-refractivity contribution in [2.75, 3.05) is 13.1 Å². The molecule has 0 aliphatic carbocycles. The lowest BCUT2D eigenvalue weighted by Gasteiger charge is -2.08. The van der Waals surface area contributed by atoms with Crippen LogP contribution in [0.4, 0.5) is 0 Å². The Morgan fingerprint density at radius 2 is 1.84 bits per heavy atom. The van der Waals surface area contributed by atoms with Gasteiger partial charge in [-0.1, -0.05) is 6.07 Å². The maximum Gasteiger partial charge on any atom is 0.308 e. The lowest BCUT2D eigenvalue weighted by atomic mass is 10.2. The molecule has 2 aromatic rings. The molecule has 2 N–H and O–H groups in total. The van der Waals surface area contributed by atoms with Gasteiger partial charge in [0.25, 0.3) is 11.8 Å². The molecule has 0 unspecified atom stereocenters. The quantitative estimate of drug-likeness (QED) is 0.440. The number of nitrogens with one attached hydrogen (secondary N) is 2. The summed E-state index contributed by atoms with van der Waals surface area (Å²) < 4.78 is 4.94. The molecule has 0 spiro atoms. The lowest BCUT2D eigenvalue weighted by molar-refractivity contribution is -0.131. The maximum atomic E-state index is 12.0. The first-order chi connectivity index (χ1) is 12.1. The van der Waals surface area contributed by atoms with E-state index in [1.807, 2.05) is 0 Å². The van der Waals surface area contributed by atoms with E-state index in [0.29, 0.717) is 30.8 Å². The molecule has 0 aliphatic rings. The zero-order valence-electron chi connectivity index (χ0n) is 13.7. The molecule has 25 heavy (non-hydrogen) atoms. The Morgan fingerprint density at radius 1 is 1.08 bits per heavy atom. The molecule has 0 atom stereocenters. The zero-order valence-corrected chi connectivity index (χ0v) is 13.7. The number of amides is 2. The van der Waals surface area contributed by atoms with Gasteiger partial charge in [-0.3, -0.25) is 19.4 Å². The van der Waals surface area contributed by atoms with Crippen molar-refractivity contribution in [2.24, 2.45) is 0 Å². The zero-order chi connectivity index (χ0) is 18.1. The monoisotopic (exact) mass is 342 g/mol. The molecule has 8 heteroatoms. The van der Waals surface area contributed by atoms with Crippen LogP contribution in [0.3, 0.4) is 0 Å². The number of rotatable bonds is 7. The van der Waals surface area contributed by atoms with E-state index in [1.165, 1.54) is 31.6 Å². The van der Waals surface area contributed by atoms with Gasteiger partial charge < -0.3 is 15.4 Å². The third-order valence-corrected chi connectivity index (χ3v) is 3.08. The molecule has 0 saturated heterocycles. The van der Waals surface area contributed by atoms with Crippen LogP contribution in [0.25, 0.3) is 0 Å². The highest BCUT2D eigenvalue weighted by Gasteiger charge is 2.08. The van der Waals surface area contributed by atoms with Crippen molar-refractivity contribution < 1.29 is 19.1 Å². The number of hydrogen-bond donors (Lipinski definition) is 2. The summed E-state index contributed by atoms with van der Waals surface area (Å²) in [5.41, 5.74) is 0.635. The Balaban J connectivity index is 1.72. The van der Waals surface area contributed by atoms with E-state index >= 15 is 0 Å². The van der Waals surface area contributed by atoms with Crippen LogP contribution in [0.2, 0.25) is 0 Å².